The highest BCUT2D eigenvalue weighted by Gasteiger charge is 2.45. The molecule has 2 aromatic rings. The van der Waals surface area contributed by atoms with Crippen LogP contribution in [-0.2, 0) is 14.3 Å². The van der Waals surface area contributed by atoms with Crippen molar-refractivity contribution in [3.63, 3.8) is 0 Å². The van der Waals surface area contributed by atoms with Crippen molar-refractivity contribution in [2.75, 3.05) is 20.3 Å². The molecule has 1 saturated heterocycles. The number of hydrogen-bond donors (Lipinski definition) is 1. The van der Waals surface area contributed by atoms with Gasteiger partial charge < -0.3 is 15.0 Å². The van der Waals surface area contributed by atoms with E-state index in [1.54, 1.807) is 37.6 Å². The Kier molecular flexibility index (Phi) is 6.67. The smallest absolute Gasteiger partial charge is 0.253 e. The van der Waals surface area contributed by atoms with E-state index in [0.29, 0.717) is 12.0 Å². The standard InChI is InChI=1S/C22H27N3O4S/c1-14(2)8-17(21(28)25(4)22(3)13-29-12-19(22)26)24-20(27)16-9-15(10-23-11-16)18-6-5-7-30-18/h5-7,9-11,14,17H,8,12-13H2,1-4H3,(H,24,27). The van der Waals surface area contributed by atoms with Crippen molar-refractivity contribution >= 4 is 28.9 Å². The average Bonchev–Trinajstić information content (AvgIpc) is 3.37. The number of rotatable bonds is 7. The summed E-state index contributed by atoms with van der Waals surface area (Å²) in [5.74, 6) is -0.638. The Labute approximate surface area is 180 Å². The molecule has 1 N–H and O–H groups in total. The summed E-state index contributed by atoms with van der Waals surface area (Å²) in [5, 5.41) is 4.82. The second-order valence-electron chi connectivity index (χ2n) is 8.18. The molecule has 0 aliphatic carbocycles. The van der Waals surface area contributed by atoms with Gasteiger partial charge in [0.2, 0.25) is 5.91 Å². The maximum atomic E-state index is 13.2. The van der Waals surface area contributed by atoms with Crippen molar-refractivity contribution in [1.82, 2.24) is 15.2 Å². The number of aromatic nitrogens is 1. The first-order valence-electron chi connectivity index (χ1n) is 9.91. The number of Topliss-reactive ketones (excluding diaryl/α,β-unsaturated/α-hetero) is 1. The topological polar surface area (TPSA) is 88.6 Å². The summed E-state index contributed by atoms with van der Waals surface area (Å²) in [6.07, 6.45) is 3.65. The van der Waals surface area contributed by atoms with E-state index in [9.17, 15) is 14.4 Å². The van der Waals surface area contributed by atoms with Crippen LogP contribution in [0.15, 0.2) is 36.0 Å². The van der Waals surface area contributed by atoms with Gasteiger partial charge in [-0.2, -0.15) is 0 Å². The third-order valence-corrected chi connectivity index (χ3v) is 6.32. The number of ether oxygens (including phenoxy) is 1. The summed E-state index contributed by atoms with van der Waals surface area (Å²) in [7, 11) is 1.59. The van der Waals surface area contributed by atoms with Crippen molar-refractivity contribution in [3.8, 4) is 10.4 Å². The minimum absolute atomic E-state index is 0.00346. The normalized spacial score (nSPS) is 19.7. The van der Waals surface area contributed by atoms with E-state index in [1.165, 1.54) is 11.1 Å². The molecule has 0 saturated carbocycles. The molecule has 1 fully saturated rings. The fourth-order valence-electron chi connectivity index (χ4n) is 3.42. The third-order valence-electron chi connectivity index (χ3n) is 5.40. The van der Waals surface area contributed by atoms with Gasteiger partial charge in [0.25, 0.3) is 5.91 Å². The van der Waals surface area contributed by atoms with Gasteiger partial charge in [-0.15, -0.1) is 11.3 Å². The molecule has 2 amide bonds. The Morgan fingerprint density at radius 2 is 2.13 bits per heavy atom. The number of likely N-dealkylation sites (N-methyl/N-ethyl adjacent to an activating group) is 1. The summed E-state index contributed by atoms with van der Waals surface area (Å²) in [5.41, 5.74) is 0.219. The summed E-state index contributed by atoms with van der Waals surface area (Å²) in [4.78, 5) is 45.0. The van der Waals surface area contributed by atoms with E-state index in [-0.39, 0.29) is 36.7 Å². The van der Waals surface area contributed by atoms with Crippen LogP contribution < -0.4 is 5.32 Å². The van der Waals surface area contributed by atoms with Gasteiger partial charge in [-0.25, -0.2) is 0 Å². The zero-order chi connectivity index (χ0) is 21.9. The summed E-state index contributed by atoms with van der Waals surface area (Å²) in [6, 6.07) is 4.92. The molecule has 0 radical (unpaired) electrons. The van der Waals surface area contributed by atoms with E-state index in [1.807, 2.05) is 31.4 Å². The van der Waals surface area contributed by atoms with Crippen LogP contribution in [0.25, 0.3) is 10.4 Å². The minimum Gasteiger partial charge on any atom is -0.371 e. The first-order chi connectivity index (χ1) is 14.2. The highest BCUT2D eigenvalue weighted by atomic mass is 32.1. The van der Waals surface area contributed by atoms with Gasteiger partial charge in [0.05, 0.1) is 12.2 Å². The molecule has 1 aliphatic heterocycles. The maximum absolute atomic E-state index is 13.2. The van der Waals surface area contributed by atoms with E-state index in [0.717, 1.165) is 10.4 Å². The molecule has 0 aromatic carbocycles. The van der Waals surface area contributed by atoms with Crippen LogP contribution in [0, 0.1) is 5.92 Å². The molecule has 160 valence electrons. The lowest BCUT2D eigenvalue weighted by Gasteiger charge is -2.35. The van der Waals surface area contributed by atoms with Gasteiger partial charge >= 0.3 is 0 Å². The zero-order valence-corrected chi connectivity index (χ0v) is 18.5. The van der Waals surface area contributed by atoms with Gasteiger partial charge in [0.15, 0.2) is 5.78 Å². The minimum atomic E-state index is -1.02. The lowest BCUT2D eigenvalue weighted by Crippen LogP contribution is -2.58. The summed E-state index contributed by atoms with van der Waals surface area (Å²) < 4.78 is 5.27. The molecule has 30 heavy (non-hydrogen) atoms. The number of thiophene rings is 1. The second-order valence-corrected chi connectivity index (χ2v) is 9.13. The molecule has 2 atom stereocenters. The fourth-order valence-corrected chi connectivity index (χ4v) is 4.12. The quantitative estimate of drug-likeness (QED) is 0.731. The fraction of sp³-hybridized carbons (Fsp3) is 0.455. The zero-order valence-electron chi connectivity index (χ0n) is 17.7. The largest absolute Gasteiger partial charge is 0.371 e. The van der Waals surface area contributed by atoms with Crippen molar-refractivity contribution in [2.45, 2.75) is 38.8 Å². The third kappa shape index (κ3) is 4.60. The number of hydrogen-bond acceptors (Lipinski definition) is 6. The van der Waals surface area contributed by atoms with Crippen molar-refractivity contribution in [3.05, 3.63) is 41.5 Å². The average molecular weight is 430 g/mol. The van der Waals surface area contributed by atoms with E-state index in [4.69, 9.17) is 4.74 Å². The van der Waals surface area contributed by atoms with Gasteiger partial charge in [-0.1, -0.05) is 19.9 Å². The highest BCUT2D eigenvalue weighted by Crippen LogP contribution is 2.25. The van der Waals surface area contributed by atoms with Crippen LogP contribution in [0.3, 0.4) is 0 Å². The molecule has 2 aromatic heterocycles. The Morgan fingerprint density at radius 1 is 1.37 bits per heavy atom. The van der Waals surface area contributed by atoms with E-state index < -0.39 is 11.6 Å². The monoisotopic (exact) mass is 429 g/mol. The Hall–Kier alpha value is -2.58. The molecule has 8 heteroatoms. The molecule has 7 nitrogen and oxygen atoms in total. The highest BCUT2D eigenvalue weighted by molar-refractivity contribution is 7.13. The van der Waals surface area contributed by atoms with Crippen LogP contribution in [0.1, 0.15) is 37.6 Å². The molecule has 0 bridgehead atoms. The first-order valence-corrected chi connectivity index (χ1v) is 10.8. The molecule has 1 aliphatic rings. The van der Waals surface area contributed by atoms with Gasteiger partial charge in [0, 0.05) is 29.9 Å². The number of amides is 2. The summed E-state index contributed by atoms with van der Waals surface area (Å²) in [6.45, 7) is 5.82. The number of ketones is 1. The lowest BCUT2D eigenvalue weighted by atomic mass is 9.95. The maximum Gasteiger partial charge on any atom is 0.253 e. The van der Waals surface area contributed by atoms with E-state index >= 15 is 0 Å². The Bertz CT molecular complexity index is 928. The van der Waals surface area contributed by atoms with Gasteiger partial charge in [-0.05, 0) is 36.8 Å². The van der Waals surface area contributed by atoms with Gasteiger partial charge in [-0.3, -0.25) is 19.4 Å². The van der Waals surface area contributed by atoms with Crippen LogP contribution >= 0.6 is 11.3 Å². The predicted octanol–water partition coefficient (Wildman–Crippen LogP) is 2.77. The SMILES string of the molecule is CC(C)CC(NC(=O)c1cncc(-c2cccs2)c1)C(=O)N(C)C1(C)COCC1=O. The Morgan fingerprint density at radius 3 is 2.73 bits per heavy atom. The van der Waals surface area contributed by atoms with Crippen molar-refractivity contribution in [2.24, 2.45) is 5.92 Å². The Balaban J connectivity index is 1.79. The lowest BCUT2D eigenvalue weighted by molar-refractivity contribution is -0.143. The van der Waals surface area contributed by atoms with Crippen LogP contribution in [0.5, 0.6) is 0 Å². The molecular weight excluding hydrogens is 402 g/mol. The number of carbonyl (C=O) groups is 3. The first kappa shape index (κ1) is 22.1. The number of carbonyl (C=O) groups excluding carboxylic acids is 3. The number of pyridine rings is 1. The summed E-state index contributed by atoms with van der Waals surface area (Å²) >= 11 is 1.57. The van der Waals surface area contributed by atoms with Crippen molar-refractivity contribution < 1.29 is 19.1 Å². The van der Waals surface area contributed by atoms with Gasteiger partial charge in [0.1, 0.15) is 18.2 Å². The second kappa shape index (κ2) is 9.06. The molecular formula is C22H27N3O4S. The van der Waals surface area contributed by atoms with Crippen LogP contribution in [-0.4, -0.2) is 59.3 Å². The molecule has 3 rings (SSSR count). The molecule has 0 spiro atoms. The molecule has 2 unspecified atom stereocenters. The number of nitrogens with one attached hydrogen (secondary N) is 1. The van der Waals surface area contributed by atoms with E-state index in [2.05, 4.69) is 10.3 Å². The predicted molar refractivity (Wildman–Crippen MR) is 115 cm³/mol. The molecule has 3 heterocycles. The van der Waals surface area contributed by atoms with Crippen LogP contribution in [0.4, 0.5) is 0 Å². The van der Waals surface area contributed by atoms with Crippen LogP contribution in [0.2, 0.25) is 0 Å². The number of nitrogens with zero attached hydrogens (tertiary/aromatic N) is 2. The van der Waals surface area contributed by atoms with Crippen molar-refractivity contribution in [1.29, 1.82) is 0 Å².